The van der Waals surface area contributed by atoms with Gasteiger partial charge in [-0.15, -0.1) is 23.5 Å². The van der Waals surface area contributed by atoms with Gasteiger partial charge in [0.2, 0.25) is 0 Å². The normalized spacial score (nSPS) is 21.6. The molecule has 2 atom stereocenters. The Bertz CT molecular complexity index is 730. The summed E-state index contributed by atoms with van der Waals surface area (Å²) in [5.41, 5.74) is 2.57. The SMILES string of the molecule is CSc1ccc(C2SC(=S)N(C)C(c3ccc(SC)cc3)N2C)cc1. The minimum absolute atomic E-state index is 0.148. The number of hydrogen-bond donors (Lipinski definition) is 0. The van der Waals surface area contributed by atoms with Crippen LogP contribution in [0.1, 0.15) is 22.7 Å². The summed E-state index contributed by atoms with van der Waals surface area (Å²) in [7, 11) is 4.28. The Kier molecular flexibility index (Phi) is 6.39. The molecule has 0 spiro atoms. The lowest BCUT2D eigenvalue weighted by Gasteiger charge is -2.46. The molecular formula is C19H22N2S4. The van der Waals surface area contributed by atoms with Crippen LogP contribution in [0.3, 0.4) is 0 Å². The first-order valence-electron chi connectivity index (χ1n) is 7.98. The minimum Gasteiger partial charge on any atom is -0.341 e. The second kappa shape index (κ2) is 8.35. The lowest BCUT2D eigenvalue weighted by Crippen LogP contribution is -2.45. The van der Waals surface area contributed by atoms with E-state index >= 15 is 0 Å². The third kappa shape index (κ3) is 4.03. The Morgan fingerprint density at radius 2 is 1.32 bits per heavy atom. The van der Waals surface area contributed by atoms with Crippen LogP contribution in [0.4, 0.5) is 0 Å². The van der Waals surface area contributed by atoms with Gasteiger partial charge in [0.25, 0.3) is 0 Å². The Morgan fingerprint density at radius 3 is 1.80 bits per heavy atom. The predicted molar refractivity (Wildman–Crippen MR) is 118 cm³/mol. The first-order chi connectivity index (χ1) is 12.0. The summed E-state index contributed by atoms with van der Waals surface area (Å²) < 4.78 is 0.941. The van der Waals surface area contributed by atoms with Crippen molar-refractivity contribution in [2.75, 3.05) is 26.6 Å². The molecule has 0 saturated carbocycles. The van der Waals surface area contributed by atoms with Crippen LogP contribution in [0.2, 0.25) is 0 Å². The van der Waals surface area contributed by atoms with Gasteiger partial charge >= 0.3 is 0 Å². The van der Waals surface area contributed by atoms with Crippen LogP contribution in [-0.2, 0) is 0 Å². The number of thioether (sulfide) groups is 3. The predicted octanol–water partition coefficient (Wildman–Crippen LogP) is 5.72. The fourth-order valence-electron chi connectivity index (χ4n) is 3.07. The van der Waals surface area contributed by atoms with Crippen LogP contribution >= 0.6 is 47.5 Å². The van der Waals surface area contributed by atoms with E-state index in [-0.39, 0.29) is 11.5 Å². The summed E-state index contributed by atoms with van der Waals surface area (Å²) in [5, 5.41) is 0.227. The average Bonchev–Trinajstić information content (AvgIpc) is 2.65. The summed E-state index contributed by atoms with van der Waals surface area (Å²) in [5.74, 6) is 0. The van der Waals surface area contributed by atoms with Gasteiger partial charge in [0.1, 0.15) is 10.5 Å². The molecule has 25 heavy (non-hydrogen) atoms. The first-order valence-corrected chi connectivity index (χ1v) is 11.7. The van der Waals surface area contributed by atoms with Gasteiger partial charge in [0.15, 0.2) is 0 Å². The highest BCUT2D eigenvalue weighted by Gasteiger charge is 2.36. The Balaban J connectivity index is 1.92. The molecule has 0 N–H and O–H groups in total. The van der Waals surface area contributed by atoms with Gasteiger partial charge in [-0.25, -0.2) is 0 Å². The Morgan fingerprint density at radius 1 is 0.840 bits per heavy atom. The van der Waals surface area contributed by atoms with E-state index < -0.39 is 0 Å². The molecule has 1 heterocycles. The highest BCUT2D eigenvalue weighted by molar-refractivity contribution is 8.23. The monoisotopic (exact) mass is 406 g/mol. The van der Waals surface area contributed by atoms with Gasteiger partial charge in [0.05, 0.1) is 5.37 Å². The third-order valence-corrected chi connectivity index (χ3v) is 7.82. The molecule has 1 aliphatic heterocycles. The first kappa shape index (κ1) is 19.1. The maximum absolute atomic E-state index is 5.69. The molecular weight excluding hydrogens is 384 g/mol. The van der Waals surface area contributed by atoms with Crippen LogP contribution < -0.4 is 0 Å². The topological polar surface area (TPSA) is 6.48 Å². The molecule has 6 heteroatoms. The maximum atomic E-state index is 5.69. The second-order valence-corrected chi connectivity index (χ2v) is 9.41. The number of thiocarbonyl (C=S) groups is 1. The summed E-state index contributed by atoms with van der Waals surface area (Å²) in [6, 6.07) is 17.6. The maximum Gasteiger partial charge on any atom is 0.139 e. The van der Waals surface area contributed by atoms with Crippen molar-refractivity contribution in [3.8, 4) is 0 Å². The summed E-state index contributed by atoms with van der Waals surface area (Å²) in [6.45, 7) is 0. The molecule has 0 amide bonds. The fraction of sp³-hybridized carbons (Fsp3) is 0.316. The molecule has 1 fully saturated rings. The molecule has 3 rings (SSSR count). The van der Waals surface area contributed by atoms with Crippen molar-refractivity contribution in [2.24, 2.45) is 0 Å². The molecule has 0 radical (unpaired) electrons. The van der Waals surface area contributed by atoms with Crippen molar-refractivity contribution in [1.29, 1.82) is 0 Å². The molecule has 2 nitrogen and oxygen atoms in total. The van der Waals surface area contributed by atoms with E-state index in [4.69, 9.17) is 12.2 Å². The molecule has 132 valence electrons. The summed E-state index contributed by atoms with van der Waals surface area (Å²) in [6.07, 6.45) is 4.36. The van der Waals surface area contributed by atoms with Crippen LogP contribution in [0.15, 0.2) is 58.3 Å². The second-order valence-electron chi connectivity index (χ2n) is 5.93. The van der Waals surface area contributed by atoms with Gasteiger partial charge < -0.3 is 4.90 Å². The molecule has 1 aliphatic rings. The van der Waals surface area contributed by atoms with Crippen molar-refractivity contribution in [2.45, 2.75) is 21.3 Å². The smallest absolute Gasteiger partial charge is 0.139 e. The van der Waals surface area contributed by atoms with E-state index in [2.05, 4.69) is 84.9 Å². The van der Waals surface area contributed by atoms with Gasteiger partial charge in [-0.3, -0.25) is 4.90 Å². The molecule has 0 aliphatic carbocycles. The molecule has 2 unspecified atom stereocenters. The van der Waals surface area contributed by atoms with Crippen molar-refractivity contribution >= 4 is 51.8 Å². The quantitative estimate of drug-likeness (QED) is 0.469. The molecule has 2 aromatic rings. The van der Waals surface area contributed by atoms with Gasteiger partial charge in [0, 0.05) is 16.8 Å². The van der Waals surface area contributed by atoms with Crippen molar-refractivity contribution < 1.29 is 0 Å². The van der Waals surface area contributed by atoms with Crippen LogP contribution in [-0.4, -0.2) is 40.7 Å². The zero-order valence-electron chi connectivity index (χ0n) is 14.8. The number of hydrogen-bond acceptors (Lipinski definition) is 5. The summed E-state index contributed by atoms with van der Waals surface area (Å²) >= 11 is 11.0. The van der Waals surface area contributed by atoms with E-state index in [1.807, 2.05) is 0 Å². The third-order valence-electron chi connectivity index (χ3n) is 4.44. The van der Waals surface area contributed by atoms with Crippen molar-refractivity contribution in [3.05, 3.63) is 59.7 Å². The van der Waals surface area contributed by atoms with Gasteiger partial charge in [-0.2, -0.15) is 0 Å². The number of nitrogens with zero attached hydrogens (tertiary/aromatic N) is 2. The lowest BCUT2D eigenvalue weighted by molar-refractivity contribution is 0.122. The van der Waals surface area contributed by atoms with Gasteiger partial charge in [-0.05, 0) is 55.0 Å². The molecule has 1 saturated heterocycles. The number of rotatable bonds is 4. The zero-order valence-corrected chi connectivity index (χ0v) is 18.1. The molecule has 2 aromatic carbocycles. The Hall–Kier alpha value is -0.660. The zero-order chi connectivity index (χ0) is 18.0. The Labute approximate surface area is 168 Å². The van der Waals surface area contributed by atoms with Crippen molar-refractivity contribution in [3.63, 3.8) is 0 Å². The molecule has 0 bridgehead atoms. The van der Waals surface area contributed by atoms with E-state index in [9.17, 15) is 0 Å². The average molecular weight is 407 g/mol. The minimum atomic E-state index is 0.148. The van der Waals surface area contributed by atoms with Gasteiger partial charge in [-0.1, -0.05) is 48.2 Å². The van der Waals surface area contributed by atoms with E-state index in [0.29, 0.717) is 0 Å². The van der Waals surface area contributed by atoms with Crippen molar-refractivity contribution in [1.82, 2.24) is 9.80 Å². The number of benzene rings is 2. The van der Waals surface area contributed by atoms with E-state index in [1.165, 1.54) is 20.9 Å². The van der Waals surface area contributed by atoms with E-state index in [1.54, 1.807) is 35.3 Å². The fourth-order valence-corrected chi connectivity index (χ4v) is 5.29. The standard InChI is InChI=1S/C19H22N2S4/c1-20-17(13-5-9-15(23-3)10-6-13)21(2)19(22)25-18(20)14-7-11-16(24-4)12-8-14/h5-12,17-18H,1-4H3. The molecule has 0 aromatic heterocycles. The van der Waals surface area contributed by atoms with Crippen LogP contribution in [0.5, 0.6) is 0 Å². The highest BCUT2D eigenvalue weighted by atomic mass is 32.2. The van der Waals surface area contributed by atoms with Crippen LogP contribution in [0.25, 0.3) is 0 Å². The lowest BCUT2D eigenvalue weighted by atomic mass is 10.1. The largest absolute Gasteiger partial charge is 0.341 e. The summed E-state index contributed by atoms with van der Waals surface area (Å²) in [4.78, 5) is 7.17. The van der Waals surface area contributed by atoms with Crippen LogP contribution in [0, 0.1) is 0 Å². The van der Waals surface area contributed by atoms with E-state index in [0.717, 1.165) is 4.32 Å². The highest BCUT2D eigenvalue weighted by Crippen LogP contribution is 2.45.